The van der Waals surface area contributed by atoms with Crippen LogP contribution in [0.3, 0.4) is 0 Å². The smallest absolute Gasteiger partial charge is 0.330 e. The number of aliphatic hydroxyl groups excluding tert-OH is 1. The van der Waals surface area contributed by atoms with E-state index in [2.05, 4.69) is 15.6 Å². The number of thiocarbonyl (C=S) groups is 1. The molecule has 1 aliphatic heterocycles. The van der Waals surface area contributed by atoms with E-state index < -0.39 is 29.7 Å². The fourth-order valence-electron chi connectivity index (χ4n) is 2.98. The molecule has 0 spiro atoms. The predicted molar refractivity (Wildman–Crippen MR) is 113 cm³/mol. The van der Waals surface area contributed by atoms with E-state index in [1.807, 2.05) is 30.5 Å². The largest absolute Gasteiger partial charge is 0.390 e. The number of thioether (sulfide) groups is 1. The number of nitrogens with one attached hydrogen (secondary N) is 3. The minimum absolute atomic E-state index is 0.243. The summed E-state index contributed by atoms with van der Waals surface area (Å²) in [6.07, 6.45) is 1.72. The summed E-state index contributed by atoms with van der Waals surface area (Å²) >= 11 is 6.94. The highest BCUT2D eigenvalue weighted by molar-refractivity contribution is 7.98. The van der Waals surface area contributed by atoms with Gasteiger partial charge in [0.25, 0.3) is 5.56 Å². The highest BCUT2D eigenvalue weighted by Crippen LogP contribution is 2.27. The summed E-state index contributed by atoms with van der Waals surface area (Å²) in [6.45, 7) is 1.89. The number of aromatic amines is 1. The first kappa shape index (κ1) is 20.6. The molecule has 10 heteroatoms. The maximum absolute atomic E-state index is 12.0. The summed E-state index contributed by atoms with van der Waals surface area (Å²) in [5, 5.41) is 16.9. The number of benzene rings is 1. The third-order valence-electron chi connectivity index (χ3n) is 4.48. The van der Waals surface area contributed by atoms with Gasteiger partial charge < -0.3 is 20.5 Å². The van der Waals surface area contributed by atoms with E-state index in [0.717, 1.165) is 10.6 Å². The van der Waals surface area contributed by atoms with Gasteiger partial charge in [0.2, 0.25) is 0 Å². The van der Waals surface area contributed by atoms with E-state index in [1.54, 1.807) is 18.7 Å². The number of aryl methyl sites for hydroxylation is 1. The molecule has 3 rings (SSSR count). The second-order valence-electron chi connectivity index (χ2n) is 6.45. The average molecular weight is 423 g/mol. The van der Waals surface area contributed by atoms with Crippen molar-refractivity contribution in [2.75, 3.05) is 18.1 Å². The number of hydrogen-bond acceptors (Lipinski definition) is 6. The van der Waals surface area contributed by atoms with Crippen LogP contribution in [0.5, 0.6) is 0 Å². The Labute approximate surface area is 171 Å². The molecule has 0 amide bonds. The molecule has 4 N–H and O–H groups in total. The summed E-state index contributed by atoms with van der Waals surface area (Å²) in [5.41, 5.74) is 0.304. The molecule has 0 bridgehead atoms. The number of hydrogen-bond donors (Lipinski definition) is 4. The van der Waals surface area contributed by atoms with Crippen molar-refractivity contribution in [1.82, 2.24) is 14.9 Å². The number of rotatable bonds is 5. The fraction of sp³-hybridized carbons (Fsp3) is 0.389. The van der Waals surface area contributed by atoms with Gasteiger partial charge in [0.05, 0.1) is 11.8 Å². The lowest BCUT2D eigenvalue weighted by Gasteiger charge is -2.18. The molecule has 3 atom stereocenters. The zero-order valence-electron chi connectivity index (χ0n) is 15.5. The molecular formula is C18H22N4O4S2. The molecule has 1 aromatic heterocycles. The number of aliphatic hydroxyl groups is 1. The SMILES string of the molecule is CSc1ccccc1NC(=S)NC[C@H]1O[C@@H](n2cc(C)c(=O)[nH]c2=O)C[C@@H]1O. The molecule has 2 heterocycles. The molecule has 2 aromatic rings. The second kappa shape index (κ2) is 8.91. The first-order valence-corrected chi connectivity index (χ1v) is 10.4. The monoisotopic (exact) mass is 422 g/mol. The van der Waals surface area contributed by atoms with Gasteiger partial charge in [-0.1, -0.05) is 12.1 Å². The van der Waals surface area contributed by atoms with Crippen molar-refractivity contribution in [3.8, 4) is 0 Å². The van der Waals surface area contributed by atoms with Crippen LogP contribution in [0.2, 0.25) is 0 Å². The Morgan fingerprint density at radius 2 is 2.18 bits per heavy atom. The van der Waals surface area contributed by atoms with E-state index in [9.17, 15) is 14.7 Å². The Kier molecular flexibility index (Phi) is 6.55. The predicted octanol–water partition coefficient (Wildman–Crippen LogP) is 1.20. The minimum Gasteiger partial charge on any atom is -0.390 e. The van der Waals surface area contributed by atoms with Gasteiger partial charge in [0, 0.05) is 29.6 Å². The van der Waals surface area contributed by atoms with E-state index in [-0.39, 0.29) is 13.0 Å². The van der Waals surface area contributed by atoms with E-state index in [1.165, 1.54) is 10.8 Å². The number of H-pyrrole nitrogens is 1. The van der Waals surface area contributed by atoms with Crippen LogP contribution < -0.4 is 21.9 Å². The Balaban J connectivity index is 1.60. The van der Waals surface area contributed by atoms with Gasteiger partial charge in [-0.3, -0.25) is 14.3 Å². The van der Waals surface area contributed by atoms with Gasteiger partial charge in [0.15, 0.2) is 5.11 Å². The number of anilines is 1. The average Bonchev–Trinajstić information content (AvgIpc) is 3.04. The Morgan fingerprint density at radius 1 is 1.43 bits per heavy atom. The van der Waals surface area contributed by atoms with Crippen LogP contribution in [0.4, 0.5) is 5.69 Å². The minimum atomic E-state index is -0.766. The zero-order valence-corrected chi connectivity index (χ0v) is 17.1. The van der Waals surface area contributed by atoms with Crippen molar-refractivity contribution in [1.29, 1.82) is 0 Å². The Bertz CT molecular complexity index is 975. The van der Waals surface area contributed by atoms with Crippen LogP contribution in [0.1, 0.15) is 18.2 Å². The van der Waals surface area contributed by atoms with Crippen LogP contribution in [0, 0.1) is 6.92 Å². The second-order valence-corrected chi connectivity index (χ2v) is 7.70. The first-order valence-electron chi connectivity index (χ1n) is 8.72. The Hall–Kier alpha value is -2.14. The van der Waals surface area contributed by atoms with Crippen LogP contribution in [-0.4, -0.2) is 44.8 Å². The summed E-state index contributed by atoms with van der Waals surface area (Å²) in [6, 6.07) is 7.80. The molecule has 1 fully saturated rings. The molecular weight excluding hydrogens is 400 g/mol. The Morgan fingerprint density at radius 3 is 2.93 bits per heavy atom. The molecule has 28 heavy (non-hydrogen) atoms. The van der Waals surface area contributed by atoms with Crippen molar-refractivity contribution < 1.29 is 9.84 Å². The molecule has 0 saturated carbocycles. The molecule has 1 aliphatic rings. The summed E-state index contributed by atoms with van der Waals surface area (Å²) in [5.74, 6) is 0. The number of para-hydroxylation sites is 1. The van der Waals surface area contributed by atoms with Crippen molar-refractivity contribution in [3.63, 3.8) is 0 Å². The highest BCUT2D eigenvalue weighted by atomic mass is 32.2. The molecule has 8 nitrogen and oxygen atoms in total. The van der Waals surface area contributed by atoms with Crippen molar-refractivity contribution in [2.24, 2.45) is 0 Å². The summed E-state index contributed by atoms with van der Waals surface area (Å²) in [4.78, 5) is 26.8. The lowest BCUT2D eigenvalue weighted by atomic mass is 10.2. The van der Waals surface area contributed by atoms with Gasteiger partial charge in [-0.2, -0.15) is 0 Å². The highest BCUT2D eigenvalue weighted by Gasteiger charge is 2.35. The van der Waals surface area contributed by atoms with E-state index in [4.69, 9.17) is 17.0 Å². The van der Waals surface area contributed by atoms with Crippen LogP contribution >= 0.6 is 24.0 Å². The molecule has 1 aromatic carbocycles. The lowest BCUT2D eigenvalue weighted by Crippen LogP contribution is -2.39. The lowest BCUT2D eigenvalue weighted by molar-refractivity contribution is -0.0172. The maximum atomic E-state index is 12.0. The maximum Gasteiger partial charge on any atom is 0.330 e. The van der Waals surface area contributed by atoms with Crippen LogP contribution in [-0.2, 0) is 4.74 Å². The van der Waals surface area contributed by atoms with Crippen molar-refractivity contribution in [3.05, 3.63) is 56.9 Å². The number of ether oxygens (including phenoxy) is 1. The standard InChI is InChI=1S/C18H22N4O4S2/c1-10-9-22(18(25)21-16(10)24)15-7-12(23)13(26-15)8-19-17(27)20-11-5-3-4-6-14(11)28-2/h3-6,9,12-13,15,23H,7-8H2,1-2H3,(H2,19,20,27)(H,21,24,25)/t12-,13+,15+/m0/s1. The molecule has 0 unspecified atom stereocenters. The molecule has 0 radical (unpaired) electrons. The van der Waals surface area contributed by atoms with Crippen molar-refractivity contribution >= 4 is 34.8 Å². The van der Waals surface area contributed by atoms with Gasteiger partial charge in [0.1, 0.15) is 12.3 Å². The van der Waals surface area contributed by atoms with E-state index in [0.29, 0.717) is 10.7 Å². The number of nitrogens with zero attached hydrogens (tertiary/aromatic N) is 1. The normalized spacial score (nSPS) is 21.5. The third kappa shape index (κ3) is 4.64. The quantitative estimate of drug-likeness (QED) is 0.421. The van der Waals surface area contributed by atoms with Crippen LogP contribution in [0.15, 0.2) is 44.9 Å². The summed E-state index contributed by atoms with van der Waals surface area (Å²) < 4.78 is 7.11. The van der Waals surface area contributed by atoms with Gasteiger partial charge in [-0.15, -0.1) is 11.8 Å². The molecule has 150 valence electrons. The zero-order chi connectivity index (χ0) is 20.3. The topological polar surface area (TPSA) is 108 Å². The van der Waals surface area contributed by atoms with E-state index >= 15 is 0 Å². The molecule has 0 aliphatic carbocycles. The van der Waals surface area contributed by atoms with Gasteiger partial charge in [-0.05, 0) is 37.5 Å². The fourth-order valence-corrected chi connectivity index (χ4v) is 3.72. The van der Waals surface area contributed by atoms with Crippen LogP contribution in [0.25, 0.3) is 0 Å². The molecule has 1 saturated heterocycles. The first-order chi connectivity index (χ1) is 13.4. The van der Waals surface area contributed by atoms with Gasteiger partial charge in [-0.25, -0.2) is 4.79 Å². The van der Waals surface area contributed by atoms with Gasteiger partial charge >= 0.3 is 5.69 Å². The third-order valence-corrected chi connectivity index (χ3v) is 5.52. The van der Waals surface area contributed by atoms with Crippen molar-refractivity contribution in [2.45, 2.75) is 36.7 Å². The number of aromatic nitrogens is 2. The summed E-state index contributed by atoms with van der Waals surface area (Å²) in [7, 11) is 0.